The van der Waals surface area contributed by atoms with Gasteiger partial charge in [0.15, 0.2) is 12.4 Å². The van der Waals surface area contributed by atoms with Crippen LogP contribution in [0, 0.1) is 11.0 Å². The van der Waals surface area contributed by atoms with Crippen LogP contribution in [0.5, 0.6) is 5.75 Å². The van der Waals surface area contributed by atoms with E-state index in [1.54, 1.807) is 0 Å². The predicted octanol–water partition coefficient (Wildman–Crippen LogP) is 2.23. The van der Waals surface area contributed by atoms with E-state index in [0.29, 0.717) is 10.5 Å². The van der Waals surface area contributed by atoms with Crippen LogP contribution in [0.3, 0.4) is 0 Å². The van der Waals surface area contributed by atoms with Gasteiger partial charge in [-0.25, -0.2) is 4.39 Å². The Morgan fingerprint density at radius 1 is 1.20 bits per heavy atom. The molecular formula is C14H12F4N2O4S. The van der Waals surface area contributed by atoms with Gasteiger partial charge >= 0.3 is 21.2 Å². The molecule has 0 unspecified atom stereocenters. The first-order chi connectivity index (χ1) is 11.5. The maximum atomic E-state index is 13.0. The standard InChI is InChI=1S/C14H12F4N2O4S/c1-19(25(22,23)13-7-6-10(15)8-20(13)21)11-4-2-3-5-12(11)24-9-14(16,17)18/h2-8H,9H2,1H3. The van der Waals surface area contributed by atoms with Gasteiger partial charge in [0, 0.05) is 13.1 Å². The summed E-state index contributed by atoms with van der Waals surface area (Å²) in [5.74, 6) is -1.28. The minimum Gasteiger partial charge on any atom is -0.618 e. The van der Waals surface area contributed by atoms with Gasteiger partial charge in [-0.3, -0.25) is 4.31 Å². The zero-order valence-electron chi connectivity index (χ0n) is 12.7. The topological polar surface area (TPSA) is 73.5 Å². The Bertz CT molecular complexity index is 871. The molecule has 0 aliphatic heterocycles. The van der Waals surface area contributed by atoms with Crippen molar-refractivity contribution in [3.8, 4) is 5.75 Å². The summed E-state index contributed by atoms with van der Waals surface area (Å²) in [7, 11) is -3.42. The van der Waals surface area contributed by atoms with Gasteiger partial charge in [0.05, 0.1) is 5.69 Å². The van der Waals surface area contributed by atoms with Crippen LogP contribution < -0.4 is 13.8 Å². The number of anilines is 1. The van der Waals surface area contributed by atoms with Crippen molar-refractivity contribution >= 4 is 15.7 Å². The van der Waals surface area contributed by atoms with Crippen LogP contribution >= 0.6 is 0 Å². The Morgan fingerprint density at radius 2 is 1.84 bits per heavy atom. The number of ether oxygens (including phenoxy) is 1. The predicted molar refractivity (Wildman–Crippen MR) is 78.9 cm³/mol. The lowest BCUT2D eigenvalue weighted by atomic mass is 10.3. The highest BCUT2D eigenvalue weighted by Crippen LogP contribution is 2.31. The third kappa shape index (κ3) is 4.29. The molecule has 0 radical (unpaired) electrons. The highest BCUT2D eigenvalue weighted by Gasteiger charge is 2.33. The Hall–Kier alpha value is -2.56. The second kappa shape index (κ2) is 6.75. The summed E-state index contributed by atoms with van der Waals surface area (Å²) in [5, 5.41) is 10.9. The molecule has 1 aromatic carbocycles. The summed E-state index contributed by atoms with van der Waals surface area (Å²) in [5.41, 5.74) is -0.212. The number of sulfonamides is 1. The molecule has 0 aliphatic carbocycles. The average molecular weight is 380 g/mol. The fourth-order valence-corrected chi connectivity index (χ4v) is 3.12. The molecule has 0 atom stereocenters. The monoisotopic (exact) mass is 380 g/mol. The minimum absolute atomic E-state index is 0.180. The summed E-state index contributed by atoms with van der Waals surface area (Å²) in [4.78, 5) is 0. The van der Waals surface area contributed by atoms with Gasteiger partial charge in [0.2, 0.25) is 6.20 Å². The van der Waals surface area contributed by atoms with Crippen LogP contribution in [-0.4, -0.2) is 28.2 Å². The third-order valence-corrected chi connectivity index (χ3v) is 4.83. The number of aromatic nitrogens is 1. The Kier molecular flexibility index (Phi) is 5.07. The first-order valence-corrected chi connectivity index (χ1v) is 8.12. The van der Waals surface area contributed by atoms with E-state index in [1.165, 1.54) is 18.2 Å². The van der Waals surface area contributed by atoms with Crippen molar-refractivity contribution in [1.29, 1.82) is 0 Å². The molecule has 0 saturated heterocycles. The summed E-state index contributed by atoms with van der Waals surface area (Å²) in [6.45, 7) is -1.62. The normalized spacial score (nSPS) is 12.0. The van der Waals surface area contributed by atoms with Gasteiger partial charge in [-0.15, -0.1) is 0 Å². The molecule has 0 N–H and O–H groups in total. The van der Waals surface area contributed by atoms with E-state index in [9.17, 15) is 31.2 Å². The zero-order chi connectivity index (χ0) is 18.8. The van der Waals surface area contributed by atoms with Crippen LogP contribution in [-0.2, 0) is 10.0 Å². The van der Waals surface area contributed by atoms with E-state index < -0.39 is 33.6 Å². The number of rotatable bonds is 5. The first-order valence-electron chi connectivity index (χ1n) is 6.68. The second-order valence-corrected chi connectivity index (χ2v) is 6.77. The largest absolute Gasteiger partial charge is 0.618 e. The van der Waals surface area contributed by atoms with Crippen molar-refractivity contribution < 1.29 is 35.4 Å². The van der Waals surface area contributed by atoms with Crippen molar-refractivity contribution in [3.63, 3.8) is 0 Å². The lowest BCUT2D eigenvalue weighted by Crippen LogP contribution is -2.40. The molecule has 6 nitrogen and oxygen atoms in total. The van der Waals surface area contributed by atoms with E-state index >= 15 is 0 Å². The van der Waals surface area contributed by atoms with Gasteiger partial charge in [-0.1, -0.05) is 12.1 Å². The minimum atomic E-state index is -4.61. The highest BCUT2D eigenvalue weighted by molar-refractivity contribution is 7.92. The van der Waals surface area contributed by atoms with Gasteiger partial charge in [-0.05, 0) is 18.2 Å². The SMILES string of the molecule is CN(c1ccccc1OCC(F)(F)F)S(=O)(=O)c1ccc(F)c[n+]1[O-]. The molecule has 0 spiro atoms. The van der Waals surface area contributed by atoms with Gasteiger partial charge in [0.25, 0.3) is 0 Å². The van der Waals surface area contributed by atoms with E-state index in [4.69, 9.17) is 0 Å². The number of pyridine rings is 1. The number of para-hydroxylation sites is 2. The van der Waals surface area contributed by atoms with Crippen LogP contribution in [0.15, 0.2) is 47.6 Å². The van der Waals surface area contributed by atoms with Crippen molar-refractivity contribution in [2.24, 2.45) is 0 Å². The highest BCUT2D eigenvalue weighted by atomic mass is 32.2. The molecule has 1 heterocycles. The fraction of sp³-hybridized carbons (Fsp3) is 0.214. The number of nitrogens with zero attached hydrogens (tertiary/aromatic N) is 2. The van der Waals surface area contributed by atoms with Gasteiger partial charge < -0.3 is 9.94 Å². The molecule has 1 aromatic heterocycles. The summed E-state index contributed by atoms with van der Waals surface area (Å²) in [6, 6.07) is 6.65. The van der Waals surface area contributed by atoms with E-state index in [-0.39, 0.29) is 16.2 Å². The maximum absolute atomic E-state index is 13.0. The number of benzene rings is 1. The molecule has 0 amide bonds. The lowest BCUT2D eigenvalue weighted by molar-refractivity contribution is -0.648. The number of alkyl halides is 3. The smallest absolute Gasteiger partial charge is 0.422 e. The molecule has 0 fully saturated rings. The molecule has 25 heavy (non-hydrogen) atoms. The van der Waals surface area contributed by atoms with Crippen molar-refractivity contribution in [2.45, 2.75) is 11.2 Å². The van der Waals surface area contributed by atoms with Gasteiger partial charge in [-0.2, -0.15) is 26.3 Å². The second-order valence-electron chi connectivity index (χ2n) is 4.86. The van der Waals surface area contributed by atoms with Crippen molar-refractivity contribution in [2.75, 3.05) is 18.0 Å². The molecule has 0 saturated carbocycles. The third-order valence-electron chi connectivity index (χ3n) is 3.06. The molecule has 0 bridgehead atoms. The molecular weight excluding hydrogens is 368 g/mol. The Labute approximate surface area is 140 Å². The summed E-state index contributed by atoms with van der Waals surface area (Å²) >= 11 is 0. The zero-order valence-corrected chi connectivity index (χ0v) is 13.5. The average Bonchev–Trinajstić information content (AvgIpc) is 2.51. The van der Waals surface area contributed by atoms with Crippen LogP contribution in [0.25, 0.3) is 0 Å². The van der Waals surface area contributed by atoms with Crippen LogP contribution in [0.1, 0.15) is 0 Å². The molecule has 11 heteroatoms. The van der Waals surface area contributed by atoms with Gasteiger partial charge in [0.1, 0.15) is 5.75 Å². The number of halogens is 4. The maximum Gasteiger partial charge on any atom is 0.422 e. The Morgan fingerprint density at radius 3 is 2.44 bits per heavy atom. The fourth-order valence-electron chi connectivity index (χ4n) is 1.91. The lowest BCUT2D eigenvalue weighted by Gasteiger charge is -2.21. The molecule has 2 rings (SSSR count). The van der Waals surface area contributed by atoms with E-state index in [1.807, 2.05) is 0 Å². The van der Waals surface area contributed by atoms with Crippen LogP contribution in [0.2, 0.25) is 0 Å². The van der Waals surface area contributed by atoms with E-state index in [0.717, 1.165) is 25.2 Å². The van der Waals surface area contributed by atoms with Crippen LogP contribution in [0.4, 0.5) is 23.2 Å². The molecule has 0 aliphatic rings. The Balaban J connectivity index is 2.41. The number of hydrogen-bond acceptors (Lipinski definition) is 4. The first kappa shape index (κ1) is 18.8. The van der Waals surface area contributed by atoms with Crippen molar-refractivity contribution in [1.82, 2.24) is 0 Å². The molecule has 2 aromatic rings. The summed E-state index contributed by atoms with van der Waals surface area (Å²) < 4.78 is 80.0. The van der Waals surface area contributed by atoms with E-state index in [2.05, 4.69) is 4.74 Å². The molecule has 136 valence electrons. The van der Waals surface area contributed by atoms with Crippen molar-refractivity contribution in [3.05, 3.63) is 53.6 Å². The quantitative estimate of drug-likeness (QED) is 0.453. The summed E-state index contributed by atoms with van der Waals surface area (Å²) in [6.07, 6.45) is -4.19. The number of hydrogen-bond donors (Lipinski definition) is 0.